The van der Waals surface area contributed by atoms with E-state index in [9.17, 15) is 25.9 Å². The Labute approximate surface area is 88.2 Å². The Balaban J connectivity index is -0.000000173. The van der Waals surface area contributed by atoms with Gasteiger partial charge in [0.15, 0.2) is 0 Å². The Morgan fingerprint density at radius 3 is 1.62 bits per heavy atom. The molecule has 3 nitrogen and oxygen atoms in total. The Morgan fingerprint density at radius 2 is 1.62 bits per heavy atom. The van der Waals surface area contributed by atoms with Gasteiger partial charge in [0, 0.05) is 5.25 Å². The minimum absolute atomic E-state index is 0. The molecule has 9 heteroatoms. The van der Waals surface area contributed by atoms with Crippen molar-refractivity contribution in [1.82, 2.24) is 0 Å². The summed E-state index contributed by atoms with van der Waals surface area (Å²) in [4.78, 5) is 0. The first-order valence-corrected chi connectivity index (χ1v) is 4.55. The van der Waals surface area contributed by atoms with E-state index in [0.29, 0.717) is 6.42 Å². The van der Waals surface area contributed by atoms with E-state index in [1.807, 2.05) is 0 Å². The quantitative estimate of drug-likeness (QED) is 0.401. The average molecular weight is 212 g/mol. The van der Waals surface area contributed by atoms with Crippen molar-refractivity contribution in [3.05, 3.63) is 0 Å². The maximum absolute atomic E-state index is 10.0. The van der Waals surface area contributed by atoms with Crippen LogP contribution in [0.25, 0.3) is 0 Å². The van der Waals surface area contributed by atoms with Crippen molar-refractivity contribution in [2.75, 3.05) is 0 Å². The molecule has 74 valence electrons. The summed E-state index contributed by atoms with van der Waals surface area (Å²) in [6, 6.07) is 0. The third-order valence-corrected chi connectivity index (χ3v) is 2.39. The normalized spacial score (nSPS) is 11.8. The second kappa shape index (κ2) is 8.94. The van der Waals surface area contributed by atoms with Crippen molar-refractivity contribution in [1.29, 1.82) is 0 Å². The van der Waals surface area contributed by atoms with E-state index in [0.717, 1.165) is 0 Å². The molecule has 0 aliphatic carbocycles. The Bertz CT molecular complexity index is 196. The number of hydrogen-bond acceptors (Lipinski definition) is 3. The van der Waals surface area contributed by atoms with E-state index in [1.54, 1.807) is 6.92 Å². The molecule has 1 unspecified atom stereocenters. The van der Waals surface area contributed by atoms with Crippen LogP contribution in [-0.2, 0) is 10.1 Å². The summed E-state index contributed by atoms with van der Waals surface area (Å²) in [7, 11) is -7.67. The van der Waals surface area contributed by atoms with Crippen molar-refractivity contribution >= 4 is 17.7 Å². The molecule has 0 heterocycles. The maximum Gasteiger partial charge on any atom is 1.00 e. The summed E-state index contributed by atoms with van der Waals surface area (Å²) in [5, 5.41) is -0.734. The Morgan fingerprint density at radius 1 is 1.38 bits per heavy atom. The van der Waals surface area contributed by atoms with Crippen molar-refractivity contribution in [2.24, 2.45) is 0 Å². The zero-order valence-corrected chi connectivity index (χ0v) is 8.45. The van der Waals surface area contributed by atoms with Crippen LogP contribution in [0, 0.1) is 0 Å². The topological polar surface area (TPSA) is 57.2 Å². The fourth-order valence-corrected chi connectivity index (χ4v) is 0.612. The van der Waals surface area contributed by atoms with E-state index in [-0.39, 0.29) is 18.9 Å². The molecule has 0 rings (SSSR count). The summed E-state index contributed by atoms with van der Waals surface area (Å²) in [5.74, 6) is 0. The summed E-state index contributed by atoms with van der Waals surface area (Å²) in [6.07, 6.45) is 0.395. The van der Waals surface area contributed by atoms with Gasteiger partial charge >= 0.3 is 26.4 Å². The first kappa shape index (κ1) is 19.0. The zero-order valence-electron chi connectivity index (χ0n) is 7.63. The van der Waals surface area contributed by atoms with Crippen LogP contribution in [0.5, 0.6) is 0 Å². The van der Waals surface area contributed by atoms with E-state index in [4.69, 9.17) is 0 Å². The number of hydrogen-bond donors (Lipinski definition) is 0. The minimum Gasteiger partial charge on any atom is -0.748 e. The summed E-state index contributed by atoms with van der Waals surface area (Å²) >= 11 is 0. The molecular weight excluding hydrogens is 203 g/mol. The SMILES string of the molecule is CCC(C)S(=O)(=O)[O-].FB(F)F.[Li+]. The second-order valence-corrected chi connectivity index (χ2v) is 3.75. The van der Waals surface area contributed by atoms with E-state index < -0.39 is 22.9 Å². The molecule has 0 aromatic heterocycles. The van der Waals surface area contributed by atoms with Gasteiger partial charge < -0.3 is 4.55 Å². The summed E-state index contributed by atoms with van der Waals surface area (Å²) in [5.41, 5.74) is 0. The van der Waals surface area contributed by atoms with Crippen LogP contribution in [0.3, 0.4) is 0 Å². The molecule has 0 fully saturated rings. The molecule has 0 amide bonds. The Hall–Kier alpha value is 0.362. The number of rotatable bonds is 2. The third-order valence-electron chi connectivity index (χ3n) is 1.07. The molecule has 1 atom stereocenters. The molecule has 0 aliphatic rings. The fraction of sp³-hybridized carbons (Fsp3) is 1.00. The van der Waals surface area contributed by atoms with Crippen LogP contribution in [-0.4, -0.2) is 25.8 Å². The van der Waals surface area contributed by atoms with E-state index in [1.165, 1.54) is 6.92 Å². The summed E-state index contributed by atoms with van der Waals surface area (Å²) < 4.78 is 59.0. The molecule has 0 aromatic rings. The van der Waals surface area contributed by atoms with Gasteiger partial charge in [-0.1, -0.05) is 6.92 Å². The standard InChI is InChI=1S/C4H10O3S.BF3.Li/c1-3-4(2)8(5,6)7;2-1(3)4;/h4H,3H2,1-2H3,(H,5,6,7);;/q;;+1/p-1. The average Bonchev–Trinajstić information content (AvgIpc) is 1.82. The van der Waals surface area contributed by atoms with Crippen LogP contribution < -0.4 is 18.9 Å². The molecule has 13 heavy (non-hydrogen) atoms. The van der Waals surface area contributed by atoms with Gasteiger partial charge in [-0.15, -0.1) is 0 Å². The van der Waals surface area contributed by atoms with Gasteiger partial charge in [-0.2, -0.15) is 0 Å². The maximum atomic E-state index is 10.0. The molecule has 0 radical (unpaired) electrons. The fourth-order valence-electron chi connectivity index (χ4n) is 0.204. The van der Waals surface area contributed by atoms with Crippen molar-refractivity contribution in [3.63, 3.8) is 0 Å². The summed E-state index contributed by atoms with van der Waals surface area (Å²) in [6.45, 7) is 3.07. The van der Waals surface area contributed by atoms with Crippen molar-refractivity contribution in [3.8, 4) is 0 Å². The number of halogens is 3. The molecule has 0 saturated carbocycles. The van der Waals surface area contributed by atoms with Crippen LogP contribution in [0.4, 0.5) is 12.9 Å². The first-order valence-electron chi connectivity index (χ1n) is 3.08. The van der Waals surface area contributed by atoms with Gasteiger partial charge in [-0.3, -0.25) is 12.9 Å². The first-order chi connectivity index (χ1) is 5.21. The van der Waals surface area contributed by atoms with Crippen molar-refractivity contribution in [2.45, 2.75) is 25.5 Å². The van der Waals surface area contributed by atoms with Crippen LogP contribution in [0.15, 0.2) is 0 Å². The van der Waals surface area contributed by atoms with E-state index in [2.05, 4.69) is 0 Å². The van der Waals surface area contributed by atoms with Gasteiger partial charge in [-0.25, -0.2) is 8.42 Å². The van der Waals surface area contributed by atoms with Gasteiger partial charge in [-0.05, 0) is 13.3 Å². The molecule has 0 aromatic carbocycles. The van der Waals surface area contributed by atoms with Crippen LogP contribution >= 0.6 is 0 Å². The van der Waals surface area contributed by atoms with Gasteiger partial charge in [0.2, 0.25) is 0 Å². The van der Waals surface area contributed by atoms with Gasteiger partial charge in [0.05, 0.1) is 10.1 Å². The molecular formula is C4H9BF3LiO3S. The van der Waals surface area contributed by atoms with Crippen LogP contribution in [0.1, 0.15) is 20.3 Å². The molecule has 0 N–H and O–H groups in total. The van der Waals surface area contributed by atoms with Gasteiger partial charge in [0.1, 0.15) is 0 Å². The third kappa shape index (κ3) is 19.0. The second-order valence-electron chi connectivity index (χ2n) is 1.96. The zero-order chi connectivity index (χ0) is 10.4. The van der Waals surface area contributed by atoms with Crippen LogP contribution in [0.2, 0.25) is 0 Å². The monoisotopic (exact) mass is 212 g/mol. The predicted molar refractivity (Wildman–Crippen MR) is 38.5 cm³/mol. The minimum atomic E-state index is -4.00. The molecule has 0 saturated heterocycles. The van der Waals surface area contributed by atoms with Gasteiger partial charge in [0.25, 0.3) is 0 Å². The Kier molecular flexibility index (Phi) is 13.1. The van der Waals surface area contributed by atoms with Crippen molar-refractivity contribution < 1.29 is 44.8 Å². The molecule has 0 aliphatic heterocycles. The molecule has 0 bridgehead atoms. The largest absolute Gasteiger partial charge is 1.00 e. The smallest absolute Gasteiger partial charge is 0.748 e. The van der Waals surface area contributed by atoms with E-state index >= 15 is 0 Å². The predicted octanol–water partition coefficient (Wildman–Crippen LogP) is -1.79. The molecule has 0 spiro atoms.